The molecule has 150 valence electrons. The Labute approximate surface area is 167 Å². The fourth-order valence-electron chi connectivity index (χ4n) is 2.19. The Morgan fingerprint density at radius 3 is 2.57 bits per heavy atom. The summed E-state index contributed by atoms with van der Waals surface area (Å²) >= 11 is 1.29. The Bertz CT molecular complexity index is 819. The van der Waals surface area contributed by atoms with Crippen molar-refractivity contribution >= 4 is 29.1 Å². The maximum absolute atomic E-state index is 12.1. The third-order valence-electron chi connectivity index (χ3n) is 3.70. The SMILES string of the molecule is CCCNC(=O)[C@@H](C)NC(=O)COC(=O)c1csc(-c2ccc(OC)cc2)n1. The number of carbonyl (C=O) groups excluding carboxylic acids is 3. The molecule has 1 heterocycles. The van der Waals surface area contributed by atoms with Crippen molar-refractivity contribution in [2.75, 3.05) is 20.3 Å². The summed E-state index contributed by atoms with van der Waals surface area (Å²) in [6.07, 6.45) is 0.802. The van der Waals surface area contributed by atoms with Gasteiger partial charge in [0.15, 0.2) is 12.3 Å². The van der Waals surface area contributed by atoms with Crippen LogP contribution < -0.4 is 15.4 Å². The fourth-order valence-corrected chi connectivity index (χ4v) is 2.98. The molecule has 1 aromatic carbocycles. The number of esters is 1. The minimum absolute atomic E-state index is 0.123. The van der Waals surface area contributed by atoms with Gasteiger partial charge in [-0.25, -0.2) is 9.78 Å². The van der Waals surface area contributed by atoms with E-state index < -0.39 is 24.5 Å². The minimum Gasteiger partial charge on any atom is -0.497 e. The van der Waals surface area contributed by atoms with Crippen molar-refractivity contribution in [1.82, 2.24) is 15.6 Å². The summed E-state index contributed by atoms with van der Waals surface area (Å²) in [5.74, 6) is -0.818. The lowest BCUT2D eigenvalue weighted by molar-refractivity contribution is -0.130. The highest BCUT2D eigenvalue weighted by Gasteiger charge is 2.18. The van der Waals surface area contributed by atoms with Crippen LogP contribution in [0.3, 0.4) is 0 Å². The van der Waals surface area contributed by atoms with Gasteiger partial charge in [0.1, 0.15) is 16.8 Å². The van der Waals surface area contributed by atoms with Crippen LogP contribution >= 0.6 is 11.3 Å². The number of amides is 2. The van der Waals surface area contributed by atoms with Crippen LogP contribution in [0.25, 0.3) is 10.6 Å². The summed E-state index contributed by atoms with van der Waals surface area (Å²) in [5.41, 5.74) is 0.965. The molecule has 2 aromatic rings. The summed E-state index contributed by atoms with van der Waals surface area (Å²) in [4.78, 5) is 39.9. The molecule has 2 N–H and O–H groups in total. The molecular weight excluding hydrogens is 382 g/mol. The molecule has 0 aliphatic rings. The van der Waals surface area contributed by atoms with Gasteiger partial charge in [0.25, 0.3) is 5.91 Å². The van der Waals surface area contributed by atoms with Gasteiger partial charge in [-0.15, -0.1) is 11.3 Å². The summed E-state index contributed by atoms with van der Waals surface area (Å²) in [6, 6.07) is 6.57. The van der Waals surface area contributed by atoms with Crippen LogP contribution in [0.4, 0.5) is 0 Å². The van der Waals surface area contributed by atoms with Crippen LogP contribution in [0, 0.1) is 0 Å². The monoisotopic (exact) mass is 405 g/mol. The standard InChI is InChI=1S/C19H23N3O5S/c1-4-9-20-17(24)12(2)21-16(23)10-27-19(25)15-11-28-18(22-15)13-5-7-14(26-3)8-6-13/h5-8,11-12H,4,9-10H2,1-3H3,(H,20,24)(H,21,23)/t12-/m1/s1. The van der Waals surface area contributed by atoms with Gasteiger partial charge < -0.3 is 20.1 Å². The molecule has 2 rings (SSSR count). The van der Waals surface area contributed by atoms with E-state index in [1.165, 1.54) is 11.3 Å². The second-order valence-corrected chi connectivity index (χ2v) is 6.78. The van der Waals surface area contributed by atoms with Crippen molar-refractivity contribution in [1.29, 1.82) is 0 Å². The van der Waals surface area contributed by atoms with Gasteiger partial charge in [0.2, 0.25) is 5.91 Å². The number of hydrogen-bond acceptors (Lipinski definition) is 7. The van der Waals surface area contributed by atoms with E-state index in [9.17, 15) is 14.4 Å². The lowest BCUT2D eigenvalue weighted by atomic mass is 10.2. The van der Waals surface area contributed by atoms with Gasteiger partial charge in [-0.1, -0.05) is 6.92 Å². The number of carbonyl (C=O) groups is 3. The average Bonchev–Trinajstić information content (AvgIpc) is 3.20. The summed E-state index contributed by atoms with van der Waals surface area (Å²) in [7, 11) is 1.58. The number of ether oxygens (including phenoxy) is 2. The number of rotatable bonds is 9. The molecule has 9 heteroatoms. The van der Waals surface area contributed by atoms with E-state index in [2.05, 4.69) is 15.6 Å². The average molecular weight is 405 g/mol. The molecule has 0 saturated heterocycles. The molecule has 0 aliphatic carbocycles. The molecule has 0 bridgehead atoms. The highest BCUT2D eigenvalue weighted by Crippen LogP contribution is 2.25. The summed E-state index contributed by atoms with van der Waals surface area (Å²) in [6.45, 7) is 3.54. The molecule has 0 aliphatic heterocycles. The van der Waals surface area contributed by atoms with Crippen molar-refractivity contribution in [3.63, 3.8) is 0 Å². The maximum Gasteiger partial charge on any atom is 0.358 e. The van der Waals surface area contributed by atoms with Crippen molar-refractivity contribution < 1.29 is 23.9 Å². The predicted molar refractivity (Wildman–Crippen MR) is 105 cm³/mol. The van der Waals surface area contributed by atoms with E-state index in [0.29, 0.717) is 11.6 Å². The van der Waals surface area contributed by atoms with Gasteiger partial charge in [-0.2, -0.15) is 0 Å². The first-order chi connectivity index (χ1) is 13.4. The molecular formula is C19H23N3O5S. The normalized spacial score (nSPS) is 11.4. The van der Waals surface area contributed by atoms with Crippen LogP contribution in [0.5, 0.6) is 5.75 Å². The van der Waals surface area contributed by atoms with Crippen LogP contribution in [0.1, 0.15) is 30.8 Å². The van der Waals surface area contributed by atoms with Gasteiger partial charge in [-0.05, 0) is 37.6 Å². The smallest absolute Gasteiger partial charge is 0.358 e. The molecule has 0 fully saturated rings. The van der Waals surface area contributed by atoms with Crippen LogP contribution in [0.15, 0.2) is 29.6 Å². The number of nitrogens with zero attached hydrogens (tertiary/aromatic N) is 1. The first kappa shape index (κ1) is 21.4. The molecule has 8 nitrogen and oxygen atoms in total. The van der Waals surface area contributed by atoms with E-state index in [-0.39, 0.29) is 11.6 Å². The molecule has 2 amide bonds. The Balaban J connectivity index is 1.85. The molecule has 0 radical (unpaired) electrons. The van der Waals surface area contributed by atoms with E-state index in [1.54, 1.807) is 31.5 Å². The molecule has 0 saturated carbocycles. The number of benzene rings is 1. The van der Waals surface area contributed by atoms with Gasteiger partial charge in [-0.3, -0.25) is 9.59 Å². The van der Waals surface area contributed by atoms with Crippen molar-refractivity contribution in [2.24, 2.45) is 0 Å². The molecule has 0 spiro atoms. The first-order valence-electron chi connectivity index (χ1n) is 8.78. The zero-order chi connectivity index (χ0) is 20.5. The van der Waals surface area contributed by atoms with Crippen molar-refractivity contribution in [2.45, 2.75) is 26.3 Å². The molecule has 28 heavy (non-hydrogen) atoms. The minimum atomic E-state index is -0.710. The zero-order valence-corrected chi connectivity index (χ0v) is 16.8. The molecule has 1 atom stereocenters. The Morgan fingerprint density at radius 1 is 1.21 bits per heavy atom. The van der Waals surface area contributed by atoms with E-state index >= 15 is 0 Å². The van der Waals surface area contributed by atoms with E-state index in [0.717, 1.165) is 17.7 Å². The topological polar surface area (TPSA) is 107 Å². The summed E-state index contributed by atoms with van der Waals surface area (Å²) in [5, 5.41) is 7.38. The van der Waals surface area contributed by atoms with Gasteiger partial charge >= 0.3 is 5.97 Å². The largest absolute Gasteiger partial charge is 0.497 e. The Morgan fingerprint density at radius 2 is 1.93 bits per heavy atom. The quantitative estimate of drug-likeness (QED) is 0.618. The Hall–Kier alpha value is -2.94. The number of aromatic nitrogens is 1. The van der Waals surface area contributed by atoms with Gasteiger partial charge in [0, 0.05) is 17.5 Å². The van der Waals surface area contributed by atoms with Gasteiger partial charge in [0.05, 0.1) is 7.11 Å². The maximum atomic E-state index is 12.1. The van der Waals surface area contributed by atoms with Crippen molar-refractivity contribution in [3.8, 4) is 16.3 Å². The third kappa shape index (κ3) is 6.05. The third-order valence-corrected chi connectivity index (χ3v) is 4.60. The van der Waals surface area contributed by atoms with Crippen LogP contribution in [-0.4, -0.2) is 49.1 Å². The van der Waals surface area contributed by atoms with E-state index in [1.807, 2.05) is 19.1 Å². The lowest BCUT2D eigenvalue weighted by Gasteiger charge is -2.13. The first-order valence-corrected chi connectivity index (χ1v) is 9.66. The van der Waals surface area contributed by atoms with Crippen molar-refractivity contribution in [3.05, 3.63) is 35.3 Å². The highest BCUT2D eigenvalue weighted by atomic mass is 32.1. The van der Waals surface area contributed by atoms with Crippen LogP contribution in [0.2, 0.25) is 0 Å². The molecule has 1 aromatic heterocycles. The number of nitrogens with one attached hydrogen (secondary N) is 2. The highest BCUT2D eigenvalue weighted by molar-refractivity contribution is 7.13. The lowest BCUT2D eigenvalue weighted by Crippen LogP contribution is -2.46. The number of thiazole rings is 1. The fraction of sp³-hybridized carbons (Fsp3) is 0.368. The Kier molecular flexibility index (Phi) is 7.94. The number of hydrogen-bond donors (Lipinski definition) is 2. The number of methoxy groups -OCH3 is 1. The van der Waals surface area contributed by atoms with Crippen LogP contribution in [-0.2, 0) is 14.3 Å². The zero-order valence-electron chi connectivity index (χ0n) is 16.0. The molecule has 0 unspecified atom stereocenters. The summed E-state index contributed by atoms with van der Waals surface area (Å²) < 4.78 is 10.1. The second kappa shape index (κ2) is 10.4. The predicted octanol–water partition coefficient (Wildman–Crippen LogP) is 2.01. The second-order valence-electron chi connectivity index (χ2n) is 5.92. The van der Waals surface area contributed by atoms with E-state index in [4.69, 9.17) is 9.47 Å².